The first-order valence-electron chi connectivity index (χ1n) is 6.28. The number of ether oxygens (including phenoxy) is 1. The second-order valence-electron chi connectivity index (χ2n) is 4.97. The van der Waals surface area contributed by atoms with Crippen molar-refractivity contribution in [3.05, 3.63) is 17.2 Å². The van der Waals surface area contributed by atoms with Crippen molar-refractivity contribution in [1.29, 1.82) is 0 Å². The molecule has 1 aromatic heterocycles. The zero-order chi connectivity index (χ0) is 13.4. The molecule has 3 rings (SSSR count). The van der Waals surface area contributed by atoms with E-state index in [1.54, 1.807) is 0 Å². The molecule has 2 N–H and O–H groups in total. The van der Waals surface area contributed by atoms with Crippen LogP contribution in [-0.2, 0) is 0 Å². The van der Waals surface area contributed by atoms with E-state index in [4.69, 9.17) is 16.3 Å². The third kappa shape index (κ3) is 2.37. The molecule has 1 aliphatic heterocycles. The van der Waals surface area contributed by atoms with Crippen LogP contribution in [0.2, 0.25) is 5.15 Å². The highest BCUT2D eigenvalue weighted by atomic mass is 35.5. The maximum Gasteiger partial charge on any atom is 0.289 e. The number of nitrogens with one attached hydrogen (secondary N) is 2. The zero-order valence-corrected chi connectivity index (χ0v) is 11.3. The molecular formula is C12H15ClN4O2. The Bertz CT molecular complexity index is 511. The van der Waals surface area contributed by atoms with Crippen LogP contribution in [0.3, 0.4) is 0 Å². The van der Waals surface area contributed by atoms with E-state index in [0.29, 0.717) is 17.7 Å². The fourth-order valence-electron chi connectivity index (χ4n) is 2.84. The van der Waals surface area contributed by atoms with Crippen LogP contribution < -0.4 is 15.4 Å². The standard InChI is InChI=1S/C12H15ClN4O2/c1-19-9-5-15-11(17-10(9)13)12(18)16-8-3-7-2-6(8)4-14-7/h5-8,14H,2-4H2,1H3,(H,16,18). The molecule has 7 heteroatoms. The van der Waals surface area contributed by atoms with Crippen molar-refractivity contribution in [2.45, 2.75) is 24.9 Å². The molecule has 2 aliphatic rings. The summed E-state index contributed by atoms with van der Waals surface area (Å²) >= 11 is 5.89. The van der Waals surface area contributed by atoms with Gasteiger partial charge in [0.15, 0.2) is 10.9 Å². The molecule has 2 heterocycles. The summed E-state index contributed by atoms with van der Waals surface area (Å²) in [5.74, 6) is 0.689. The van der Waals surface area contributed by atoms with Gasteiger partial charge in [0.1, 0.15) is 0 Å². The average molecular weight is 283 g/mol. The van der Waals surface area contributed by atoms with Crippen LogP contribution in [0.25, 0.3) is 0 Å². The number of carbonyl (C=O) groups excluding carboxylic acids is 1. The normalized spacial score (nSPS) is 28.4. The Morgan fingerprint density at radius 2 is 2.42 bits per heavy atom. The maximum atomic E-state index is 12.1. The molecule has 1 aromatic rings. The molecular weight excluding hydrogens is 268 g/mol. The number of aromatic nitrogens is 2. The summed E-state index contributed by atoms with van der Waals surface area (Å²) in [6.45, 7) is 0.972. The van der Waals surface area contributed by atoms with Crippen LogP contribution in [0.5, 0.6) is 5.75 Å². The van der Waals surface area contributed by atoms with E-state index in [-0.39, 0.29) is 22.9 Å². The highest BCUT2D eigenvalue weighted by Crippen LogP contribution is 2.31. The minimum Gasteiger partial charge on any atom is -0.492 e. The number of amides is 1. The van der Waals surface area contributed by atoms with Gasteiger partial charge in [0.2, 0.25) is 5.82 Å². The van der Waals surface area contributed by atoms with Crippen molar-refractivity contribution in [1.82, 2.24) is 20.6 Å². The van der Waals surface area contributed by atoms with E-state index >= 15 is 0 Å². The van der Waals surface area contributed by atoms with Crippen molar-refractivity contribution in [2.75, 3.05) is 13.7 Å². The van der Waals surface area contributed by atoms with Crippen molar-refractivity contribution < 1.29 is 9.53 Å². The number of carbonyl (C=O) groups is 1. The predicted octanol–water partition coefficient (Wildman–Crippen LogP) is 0.619. The van der Waals surface area contributed by atoms with Gasteiger partial charge in [-0.25, -0.2) is 9.97 Å². The van der Waals surface area contributed by atoms with Crippen LogP contribution in [-0.4, -0.2) is 41.6 Å². The van der Waals surface area contributed by atoms with Crippen LogP contribution in [0.1, 0.15) is 23.5 Å². The molecule has 102 valence electrons. The van der Waals surface area contributed by atoms with E-state index in [0.717, 1.165) is 19.4 Å². The van der Waals surface area contributed by atoms with Crippen molar-refractivity contribution in [3.8, 4) is 5.75 Å². The molecule has 0 radical (unpaired) electrons. The topological polar surface area (TPSA) is 76.1 Å². The first-order valence-corrected chi connectivity index (χ1v) is 6.66. The molecule has 3 atom stereocenters. The molecule has 2 bridgehead atoms. The first kappa shape index (κ1) is 12.6. The Hall–Kier alpha value is -1.40. The zero-order valence-electron chi connectivity index (χ0n) is 10.5. The lowest BCUT2D eigenvalue weighted by atomic mass is 10.0. The predicted molar refractivity (Wildman–Crippen MR) is 69.4 cm³/mol. The van der Waals surface area contributed by atoms with Crippen LogP contribution >= 0.6 is 11.6 Å². The van der Waals surface area contributed by atoms with Gasteiger partial charge in [-0.1, -0.05) is 11.6 Å². The van der Waals surface area contributed by atoms with Crippen molar-refractivity contribution in [3.63, 3.8) is 0 Å². The molecule has 1 aliphatic carbocycles. The summed E-state index contributed by atoms with van der Waals surface area (Å²) in [5.41, 5.74) is 0. The molecule has 0 spiro atoms. The Kier molecular flexibility index (Phi) is 3.28. The summed E-state index contributed by atoms with van der Waals surface area (Å²) in [6, 6.07) is 0.749. The van der Waals surface area contributed by atoms with Crippen LogP contribution in [0, 0.1) is 5.92 Å². The van der Waals surface area contributed by atoms with Gasteiger partial charge in [-0.2, -0.15) is 0 Å². The summed E-state index contributed by atoms with van der Waals surface area (Å²) in [7, 11) is 1.48. The Morgan fingerprint density at radius 3 is 3.00 bits per heavy atom. The first-order chi connectivity index (χ1) is 9.17. The molecule has 3 unspecified atom stereocenters. The molecule has 2 fully saturated rings. The van der Waals surface area contributed by atoms with Crippen molar-refractivity contribution >= 4 is 17.5 Å². The second-order valence-corrected chi connectivity index (χ2v) is 5.33. The smallest absolute Gasteiger partial charge is 0.289 e. The Labute approximate surface area is 115 Å². The number of hydrogen-bond donors (Lipinski definition) is 2. The molecule has 0 aromatic carbocycles. The van der Waals surface area contributed by atoms with E-state index in [1.165, 1.54) is 13.3 Å². The van der Waals surface area contributed by atoms with Crippen molar-refractivity contribution in [2.24, 2.45) is 5.92 Å². The van der Waals surface area contributed by atoms with Crippen LogP contribution in [0.15, 0.2) is 6.20 Å². The number of halogens is 1. The quantitative estimate of drug-likeness (QED) is 0.795. The monoisotopic (exact) mass is 282 g/mol. The van der Waals surface area contributed by atoms with Gasteiger partial charge in [-0.05, 0) is 18.8 Å². The highest BCUT2D eigenvalue weighted by Gasteiger charge is 2.40. The average Bonchev–Trinajstić information content (AvgIpc) is 3.00. The number of nitrogens with zero attached hydrogens (tertiary/aromatic N) is 2. The fourth-order valence-corrected chi connectivity index (χ4v) is 3.05. The lowest BCUT2D eigenvalue weighted by Crippen LogP contribution is -2.44. The lowest BCUT2D eigenvalue weighted by molar-refractivity contribution is 0.0914. The molecule has 6 nitrogen and oxygen atoms in total. The minimum atomic E-state index is -0.276. The van der Waals surface area contributed by atoms with Gasteiger partial charge in [0.25, 0.3) is 5.91 Å². The Balaban J connectivity index is 1.69. The summed E-state index contributed by atoms with van der Waals surface area (Å²) in [5, 5.41) is 6.54. The second kappa shape index (κ2) is 4.94. The van der Waals surface area contributed by atoms with Gasteiger partial charge in [-0.15, -0.1) is 0 Å². The molecule has 1 amide bonds. The summed E-state index contributed by atoms with van der Waals surface area (Å²) in [4.78, 5) is 20.0. The van der Waals surface area contributed by atoms with Gasteiger partial charge < -0.3 is 15.4 Å². The van der Waals surface area contributed by atoms with E-state index in [1.807, 2.05) is 0 Å². The van der Waals surface area contributed by atoms with E-state index in [2.05, 4.69) is 20.6 Å². The number of methoxy groups -OCH3 is 1. The number of rotatable bonds is 3. The van der Waals surface area contributed by atoms with Gasteiger partial charge in [0, 0.05) is 18.6 Å². The minimum absolute atomic E-state index is 0.0848. The summed E-state index contributed by atoms with van der Waals surface area (Å²) < 4.78 is 4.96. The number of hydrogen-bond acceptors (Lipinski definition) is 5. The lowest BCUT2D eigenvalue weighted by Gasteiger charge is -2.23. The molecule has 1 saturated carbocycles. The molecule has 19 heavy (non-hydrogen) atoms. The summed E-state index contributed by atoms with van der Waals surface area (Å²) in [6.07, 6.45) is 3.52. The number of fused-ring (bicyclic) bond motifs is 2. The fraction of sp³-hybridized carbons (Fsp3) is 0.583. The molecule has 1 saturated heterocycles. The number of piperidine rings is 1. The van der Waals surface area contributed by atoms with E-state index in [9.17, 15) is 4.79 Å². The van der Waals surface area contributed by atoms with Gasteiger partial charge in [0.05, 0.1) is 13.3 Å². The highest BCUT2D eigenvalue weighted by molar-refractivity contribution is 6.30. The third-order valence-corrected chi connectivity index (χ3v) is 4.09. The maximum absolute atomic E-state index is 12.1. The Morgan fingerprint density at radius 1 is 1.58 bits per heavy atom. The SMILES string of the molecule is COc1cnc(C(=O)NC2CC3CC2CN3)nc1Cl. The van der Waals surface area contributed by atoms with Gasteiger partial charge >= 0.3 is 0 Å². The van der Waals surface area contributed by atoms with Crippen LogP contribution in [0.4, 0.5) is 0 Å². The third-order valence-electron chi connectivity index (χ3n) is 3.81. The van der Waals surface area contributed by atoms with E-state index < -0.39 is 0 Å². The van der Waals surface area contributed by atoms with Gasteiger partial charge in [-0.3, -0.25) is 4.79 Å². The largest absolute Gasteiger partial charge is 0.492 e.